The number of halogens is 1. The molecular weight excluding hydrogens is 446 g/mol. The minimum absolute atomic E-state index is 0.0559. The summed E-state index contributed by atoms with van der Waals surface area (Å²) in [5.74, 6) is 0.842. The fraction of sp³-hybridized carbons (Fsp3) is 0.316. The lowest BCUT2D eigenvalue weighted by Gasteiger charge is -2.17. The third-order valence-corrected chi connectivity index (χ3v) is 7.24. The number of nitro groups is 1. The molecule has 1 unspecified atom stereocenters. The fourth-order valence-corrected chi connectivity index (χ4v) is 5.77. The summed E-state index contributed by atoms with van der Waals surface area (Å²) in [6, 6.07) is 3.88. The maximum absolute atomic E-state index is 12.3. The highest BCUT2D eigenvalue weighted by Gasteiger charge is 2.23. The lowest BCUT2D eigenvalue weighted by atomic mass is 9.89. The number of rotatable bonds is 5. The van der Waals surface area contributed by atoms with Crippen molar-refractivity contribution in [2.45, 2.75) is 31.3 Å². The molecule has 0 aliphatic heterocycles. The van der Waals surface area contributed by atoms with Crippen molar-refractivity contribution in [3.8, 4) is 0 Å². The number of thioether (sulfide) groups is 1. The number of nitro benzene ring substituents is 1. The van der Waals surface area contributed by atoms with E-state index in [1.54, 1.807) is 11.3 Å². The van der Waals surface area contributed by atoms with E-state index >= 15 is 0 Å². The van der Waals surface area contributed by atoms with Crippen molar-refractivity contribution in [1.82, 2.24) is 9.97 Å². The summed E-state index contributed by atoms with van der Waals surface area (Å²) >= 11 is 8.85. The molecule has 8 nitrogen and oxygen atoms in total. The Morgan fingerprint density at radius 1 is 1.47 bits per heavy atom. The standard InChI is InChI=1S/C19H18ClN5O3S2/c1-9-2-4-11-14(6-9)30-18-16(11)17(21)23-19(24-18)29-8-15(26)22-13-5-3-10(25(27)28)7-12(13)20/h3,5,7,9H,2,4,6,8H2,1H3,(H,22,26)(H2,21,23,24). The molecule has 3 N–H and O–H groups in total. The van der Waals surface area contributed by atoms with Crippen molar-refractivity contribution in [3.63, 3.8) is 0 Å². The van der Waals surface area contributed by atoms with Crippen LogP contribution in [0.3, 0.4) is 0 Å². The molecule has 2 aromatic heterocycles. The van der Waals surface area contributed by atoms with E-state index < -0.39 is 4.92 Å². The molecule has 2 heterocycles. The Bertz CT molecular complexity index is 1170. The number of amides is 1. The Morgan fingerprint density at radius 3 is 3.00 bits per heavy atom. The number of anilines is 2. The second-order valence-electron chi connectivity index (χ2n) is 7.18. The van der Waals surface area contributed by atoms with E-state index in [4.69, 9.17) is 17.3 Å². The molecule has 0 bridgehead atoms. The zero-order valence-corrected chi connectivity index (χ0v) is 18.4. The van der Waals surface area contributed by atoms with Gasteiger partial charge in [0.2, 0.25) is 5.91 Å². The molecule has 1 aromatic carbocycles. The Balaban J connectivity index is 1.46. The summed E-state index contributed by atoms with van der Waals surface area (Å²) in [7, 11) is 0. The molecule has 4 rings (SSSR count). The Labute approximate surface area is 185 Å². The van der Waals surface area contributed by atoms with Crippen LogP contribution in [-0.4, -0.2) is 26.6 Å². The number of benzene rings is 1. The van der Waals surface area contributed by atoms with Gasteiger partial charge in [-0.05, 0) is 36.8 Å². The van der Waals surface area contributed by atoms with Crippen LogP contribution in [0.5, 0.6) is 0 Å². The molecule has 1 amide bonds. The van der Waals surface area contributed by atoms with Gasteiger partial charge in [-0.2, -0.15) is 0 Å². The van der Waals surface area contributed by atoms with Crippen molar-refractivity contribution in [2.24, 2.45) is 5.92 Å². The number of thiophene rings is 1. The Morgan fingerprint density at radius 2 is 2.27 bits per heavy atom. The first-order valence-electron chi connectivity index (χ1n) is 9.26. The summed E-state index contributed by atoms with van der Waals surface area (Å²) in [5.41, 5.74) is 7.66. The largest absolute Gasteiger partial charge is 0.383 e. The summed E-state index contributed by atoms with van der Waals surface area (Å²) in [6.45, 7) is 2.25. The summed E-state index contributed by atoms with van der Waals surface area (Å²) < 4.78 is 0. The summed E-state index contributed by atoms with van der Waals surface area (Å²) in [4.78, 5) is 33.7. The average Bonchev–Trinajstić information content (AvgIpc) is 3.05. The predicted molar refractivity (Wildman–Crippen MR) is 120 cm³/mol. The first kappa shape index (κ1) is 20.8. The van der Waals surface area contributed by atoms with Gasteiger partial charge >= 0.3 is 0 Å². The van der Waals surface area contributed by atoms with E-state index in [0.717, 1.165) is 29.5 Å². The number of non-ortho nitro benzene ring substituents is 1. The quantitative estimate of drug-likeness (QED) is 0.243. The second-order valence-corrected chi connectivity index (χ2v) is 9.61. The topological polar surface area (TPSA) is 124 Å². The van der Waals surface area contributed by atoms with Crippen LogP contribution in [0.4, 0.5) is 17.2 Å². The predicted octanol–water partition coefficient (Wildman–Crippen LogP) is 4.69. The minimum Gasteiger partial charge on any atom is -0.383 e. The third-order valence-electron chi connectivity index (χ3n) is 4.93. The molecule has 1 aliphatic carbocycles. The minimum atomic E-state index is -0.547. The molecule has 0 saturated heterocycles. The van der Waals surface area contributed by atoms with E-state index in [2.05, 4.69) is 22.2 Å². The van der Waals surface area contributed by atoms with E-state index in [-0.39, 0.29) is 22.4 Å². The van der Waals surface area contributed by atoms with Gasteiger partial charge < -0.3 is 11.1 Å². The van der Waals surface area contributed by atoms with Crippen molar-refractivity contribution >= 4 is 68.0 Å². The van der Waals surface area contributed by atoms with Crippen LogP contribution in [0, 0.1) is 16.0 Å². The smallest absolute Gasteiger partial charge is 0.271 e. The fourth-order valence-electron chi connectivity index (χ4n) is 3.45. The highest BCUT2D eigenvalue weighted by Crippen LogP contribution is 2.40. The highest BCUT2D eigenvalue weighted by atomic mass is 35.5. The Kier molecular flexibility index (Phi) is 5.81. The van der Waals surface area contributed by atoms with Gasteiger partial charge in [-0.1, -0.05) is 30.3 Å². The molecule has 0 spiro atoms. The lowest BCUT2D eigenvalue weighted by Crippen LogP contribution is -2.14. The van der Waals surface area contributed by atoms with Gasteiger partial charge in [-0.3, -0.25) is 14.9 Å². The number of aryl methyl sites for hydroxylation is 1. The molecule has 3 aromatic rings. The highest BCUT2D eigenvalue weighted by molar-refractivity contribution is 7.99. The number of hydrogen-bond acceptors (Lipinski definition) is 8. The van der Waals surface area contributed by atoms with Crippen LogP contribution in [0.25, 0.3) is 10.2 Å². The molecule has 1 aliphatic rings. The van der Waals surface area contributed by atoms with E-state index in [1.165, 1.54) is 40.4 Å². The van der Waals surface area contributed by atoms with Crippen molar-refractivity contribution in [1.29, 1.82) is 0 Å². The number of nitrogen functional groups attached to an aromatic ring is 1. The molecule has 11 heteroatoms. The number of nitrogens with zero attached hydrogens (tertiary/aromatic N) is 3. The van der Waals surface area contributed by atoms with Gasteiger partial charge in [0.25, 0.3) is 5.69 Å². The van der Waals surface area contributed by atoms with Gasteiger partial charge in [-0.15, -0.1) is 11.3 Å². The third kappa shape index (κ3) is 4.21. The van der Waals surface area contributed by atoms with E-state index in [0.29, 0.717) is 22.6 Å². The maximum Gasteiger partial charge on any atom is 0.271 e. The number of aromatic nitrogens is 2. The van der Waals surface area contributed by atoms with Crippen molar-refractivity contribution < 1.29 is 9.72 Å². The van der Waals surface area contributed by atoms with Crippen LogP contribution in [0.1, 0.15) is 23.8 Å². The van der Waals surface area contributed by atoms with E-state index in [1.807, 2.05) is 0 Å². The number of nitrogens with two attached hydrogens (primary N) is 1. The molecule has 0 fully saturated rings. The molecule has 0 radical (unpaired) electrons. The van der Waals surface area contributed by atoms with Crippen LogP contribution in [0.2, 0.25) is 5.02 Å². The maximum atomic E-state index is 12.3. The second kappa shape index (κ2) is 8.37. The number of fused-ring (bicyclic) bond motifs is 3. The monoisotopic (exact) mass is 463 g/mol. The number of nitrogens with one attached hydrogen (secondary N) is 1. The number of carbonyl (C=O) groups is 1. The molecule has 30 heavy (non-hydrogen) atoms. The SMILES string of the molecule is CC1CCc2c(sc3nc(SCC(=O)Nc4ccc([N+](=O)[O-])cc4Cl)nc(N)c23)C1. The van der Waals surface area contributed by atoms with Crippen LogP contribution in [-0.2, 0) is 17.6 Å². The number of carbonyl (C=O) groups excluding carboxylic acids is 1. The molecular formula is C19H18ClN5O3S2. The van der Waals surface area contributed by atoms with Crippen LogP contribution < -0.4 is 11.1 Å². The zero-order chi connectivity index (χ0) is 21.4. The van der Waals surface area contributed by atoms with Crippen LogP contribution in [0.15, 0.2) is 23.4 Å². The van der Waals surface area contributed by atoms with Gasteiger partial charge in [0.15, 0.2) is 5.16 Å². The number of hydrogen-bond donors (Lipinski definition) is 2. The van der Waals surface area contributed by atoms with E-state index in [9.17, 15) is 14.9 Å². The van der Waals surface area contributed by atoms with Gasteiger partial charge in [-0.25, -0.2) is 9.97 Å². The first-order valence-corrected chi connectivity index (χ1v) is 11.4. The van der Waals surface area contributed by atoms with Crippen molar-refractivity contribution in [2.75, 3.05) is 16.8 Å². The summed E-state index contributed by atoms with van der Waals surface area (Å²) in [6.07, 6.45) is 3.17. The normalized spacial score (nSPS) is 15.7. The van der Waals surface area contributed by atoms with Crippen molar-refractivity contribution in [3.05, 3.63) is 43.8 Å². The Hall–Kier alpha value is -2.43. The van der Waals surface area contributed by atoms with Gasteiger partial charge in [0, 0.05) is 17.0 Å². The van der Waals surface area contributed by atoms with Gasteiger partial charge in [0.05, 0.1) is 26.8 Å². The lowest BCUT2D eigenvalue weighted by molar-refractivity contribution is -0.384. The zero-order valence-electron chi connectivity index (χ0n) is 16.0. The first-order chi connectivity index (χ1) is 14.3. The van der Waals surface area contributed by atoms with Gasteiger partial charge in [0.1, 0.15) is 10.6 Å². The molecule has 156 valence electrons. The molecule has 1 atom stereocenters. The van der Waals surface area contributed by atoms with Crippen LogP contribution >= 0.6 is 34.7 Å². The molecule has 0 saturated carbocycles. The average molecular weight is 464 g/mol. The summed E-state index contributed by atoms with van der Waals surface area (Å²) in [5, 5.41) is 14.9.